The molecule has 112 valence electrons. The smallest absolute Gasteiger partial charge is 0.145 e. The van der Waals surface area contributed by atoms with Crippen LogP contribution in [0.1, 0.15) is 29.2 Å². The Morgan fingerprint density at radius 1 is 1.10 bits per heavy atom. The first-order valence-corrected chi connectivity index (χ1v) is 7.68. The summed E-state index contributed by atoms with van der Waals surface area (Å²) in [6.07, 6.45) is 1.39. The Kier molecular flexibility index (Phi) is 5.48. The maximum absolute atomic E-state index is 14.2. The minimum absolute atomic E-state index is 0.0963. The Labute approximate surface area is 132 Å². The topological polar surface area (TPSA) is 12.0 Å². The minimum atomic E-state index is -0.529. The van der Waals surface area contributed by atoms with Crippen molar-refractivity contribution in [2.45, 2.75) is 25.8 Å². The standard InChI is InChI=1S/C17H18BrF2N/c1-11-3-5-12(6-4-11)7-10-15(21-2)16-14(19)9-8-13(18)17(16)20/h3-6,8-9,15,21H,7,10H2,1-2H3. The SMILES string of the molecule is CNC(CCc1ccc(C)cc1)c1c(F)ccc(Br)c1F. The van der Waals surface area contributed by atoms with Gasteiger partial charge in [0, 0.05) is 11.6 Å². The molecule has 21 heavy (non-hydrogen) atoms. The molecule has 0 aliphatic heterocycles. The van der Waals surface area contributed by atoms with Crippen LogP contribution in [-0.4, -0.2) is 7.05 Å². The maximum Gasteiger partial charge on any atom is 0.145 e. The van der Waals surface area contributed by atoms with E-state index in [2.05, 4.69) is 33.4 Å². The number of halogens is 3. The Hall–Kier alpha value is -1.26. The first-order valence-electron chi connectivity index (χ1n) is 6.89. The van der Waals surface area contributed by atoms with Gasteiger partial charge in [-0.1, -0.05) is 29.8 Å². The van der Waals surface area contributed by atoms with Crippen molar-refractivity contribution in [1.29, 1.82) is 0 Å². The normalized spacial score (nSPS) is 12.4. The van der Waals surface area contributed by atoms with Crippen molar-refractivity contribution < 1.29 is 8.78 Å². The lowest BCUT2D eigenvalue weighted by atomic mass is 9.98. The van der Waals surface area contributed by atoms with Gasteiger partial charge < -0.3 is 5.32 Å². The Bertz CT molecular complexity index is 611. The summed E-state index contributed by atoms with van der Waals surface area (Å²) in [5, 5.41) is 3.01. The number of benzene rings is 2. The fourth-order valence-electron chi connectivity index (χ4n) is 2.36. The predicted molar refractivity (Wildman–Crippen MR) is 85.4 cm³/mol. The van der Waals surface area contributed by atoms with Crippen LogP contribution in [0.4, 0.5) is 8.78 Å². The van der Waals surface area contributed by atoms with E-state index in [1.165, 1.54) is 17.7 Å². The molecule has 0 aliphatic rings. The van der Waals surface area contributed by atoms with E-state index in [0.717, 1.165) is 12.0 Å². The van der Waals surface area contributed by atoms with Crippen molar-refractivity contribution in [3.63, 3.8) is 0 Å². The molecule has 2 aromatic rings. The molecule has 1 nitrogen and oxygen atoms in total. The lowest BCUT2D eigenvalue weighted by Gasteiger charge is -2.19. The van der Waals surface area contributed by atoms with Gasteiger partial charge in [-0.25, -0.2) is 8.78 Å². The summed E-state index contributed by atoms with van der Waals surface area (Å²) < 4.78 is 28.4. The molecule has 0 bridgehead atoms. The number of hydrogen-bond acceptors (Lipinski definition) is 1. The molecule has 1 N–H and O–H groups in total. The van der Waals surface area contributed by atoms with Crippen molar-refractivity contribution in [3.8, 4) is 0 Å². The minimum Gasteiger partial charge on any atom is -0.313 e. The van der Waals surface area contributed by atoms with Gasteiger partial charge in [-0.2, -0.15) is 0 Å². The molecular weight excluding hydrogens is 336 g/mol. The average molecular weight is 354 g/mol. The highest BCUT2D eigenvalue weighted by molar-refractivity contribution is 9.10. The van der Waals surface area contributed by atoms with Crippen LogP contribution in [0.3, 0.4) is 0 Å². The van der Waals surface area contributed by atoms with Crippen molar-refractivity contribution in [2.24, 2.45) is 0 Å². The second-order valence-electron chi connectivity index (χ2n) is 5.12. The van der Waals surface area contributed by atoms with Gasteiger partial charge in [-0.05, 0) is 60.4 Å². The summed E-state index contributed by atoms with van der Waals surface area (Å²) in [5.74, 6) is -1.04. The van der Waals surface area contributed by atoms with E-state index in [4.69, 9.17) is 0 Å². The quantitative estimate of drug-likeness (QED) is 0.751. The van der Waals surface area contributed by atoms with E-state index in [1.807, 2.05) is 19.1 Å². The summed E-state index contributed by atoms with van der Waals surface area (Å²) in [6, 6.07) is 10.5. The van der Waals surface area contributed by atoms with Crippen LogP contribution < -0.4 is 5.32 Å². The largest absolute Gasteiger partial charge is 0.313 e. The first kappa shape index (κ1) is 16.1. The summed E-state index contributed by atoms with van der Waals surface area (Å²) >= 11 is 3.11. The zero-order chi connectivity index (χ0) is 15.4. The Morgan fingerprint density at radius 3 is 2.38 bits per heavy atom. The van der Waals surface area contributed by atoms with Crippen LogP contribution in [0.5, 0.6) is 0 Å². The molecule has 0 amide bonds. The van der Waals surface area contributed by atoms with Gasteiger partial charge in [0.05, 0.1) is 4.47 Å². The summed E-state index contributed by atoms with van der Waals surface area (Å²) in [7, 11) is 1.72. The predicted octanol–water partition coefficient (Wildman–Crippen LogP) is 4.93. The summed E-state index contributed by atoms with van der Waals surface area (Å²) in [4.78, 5) is 0. The molecule has 0 spiro atoms. The van der Waals surface area contributed by atoms with Crippen LogP contribution in [-0.2, 0) is 6.42 Å². The van der Waals surface area contributed by atoms with Gasteiger partial charge in [0.15, 0.2) is 0 Å². The molecule has 0 aromatic heterocycles. The van der Waals surface area contributed by atoms with E-state index in [0.29, 0.717) is 6.42 Å². The fraction of sp³-hybridized carbons (Fsp3) is 0.294. The average Bonchev–Trinajstić information content (AvgIpc) is 2.48. The summed E-state index contributed by atoms with van der Waals surface area (Å²) in [6.45, 7) is 2.03. The molecule has 1 unspecified atom stereocenters. The van der Waals surface area contributed by atoms with E-state index in [1.54, 1.807) is 7.05 Å². The molecule has 0 saturated heterocycles. The Balaban J connectivity index is 2.17. The van der Waals surface area contributed by atoms with E-state index >= 15 is 0 Å². The molecule has 2 rings (SSSR count). The second kappa shape index (κ2) is 7.14. The number of aryl methyl sites for hydroxylation is 2. The van der Waals surface area contributed by atoms with Crippen molar-refractivity contribution >= 4 is 15.9 Å². The lowest BCUT2D eigenvalue weighted by Crippen LogP contribution is -2.20. The molecule has 2 aromatic carbocycles. The van der Waals surface area contributed by atoms with Crippen LogP contribution in [0.25, 0.3) is 0 Å². The van der Waals surface area contributed by atoms with Gasteiger partial charge in [0.2, 0.25) is 0 Å². The molecular formula is C17H18BrF2N. The Morgan fingerprint density at radius 2 is 1.76 bits per heavy atom. The number of rotatable bonds is 5. The van der Waals surface area contributed by atoms with E-state index in [9.17, 15) is 8.78 Å². The third kappa shape index (κ3) is 3.89. The highest BCUT2D eigenvalue weighted by Gasteiger charge is 2.20. The molecule has 0 saturated carbocycles. The molecule has 1 atom stereocenters. The van der Waals surface area contributed by atoms with Crippen LogP contribution in [0, 0.1) is 18.6 Å². The lowest BCUT2D eigenvalue weighted by molar-refractivity contribution is 0.469. The van der Waals surface area contributed by atoms with Crippen LogP contribution in [0.2, 0.25) is 0 Å². The summed E-state index contributed by atoms with van der Waals surface area (Å²) in [5.41, 5.74) is 2.46. The third-order valence-electron chi connectivity index (χ3n) is 3.62. The number of nitrogens with one attached hydrogen (secondary N) is 1. The van der Waals surface area contributed by atoms with E-state index < -0.39 is 11.6 Å². The van der Waals surface area contributed by atoms with Gasteiger partial charge in [0.25, 0.3) is 0 Å². The molecule has 0 fully saturated rings. The maximum atomic E-state index is 14.2. The van der Waals surface area contributed by atoms with Crippen molar-refractivity contribution in [3.05, 3.63) is 69.2 Å². The zero-order valence-corrected chi connectivity index (χ0v) is 13.7. The highest BCUT2D eigenvalue weighted by Crippen LogP contribution is 2.29. The van der Waals surface area contributed by atoms with E-state index in [-0.39, 0.29) is 16.1 Å². The van der Waals surface area contributed by atoms with Gasteiger partial charge in [-0.15, -0.1) is 0 Å². The third-order valence-corrected chi connectivity index (χ3v) is 4.23. The van der Waals surface area contributed by atoms with Crippen molar-refractivity contribution in [2.75, 3.05) is 7.05 Å². The van der Waals surface area contributed by atoms with Gasteiger partial charge >= 0.3 is 0 Å². The molecule has 0 heterocycles. The molecule has 0 radical (unpaired) electrons. The zero-order valence-electron chi connectivity index (χ0n) is 12.1. The molecule has 0 aliphatic carbocycles. The first-order chi connectivity index (χ1) is 10.0. The highest BCUT2D eigenvalue weighted by atomic mass is 79.9. The van der Waals surface area contributed by atoms with Gasteiger partial charge in [-0.3, -0.25) is 0 Å². The molecule has 4 heteroatoms. The van der Waals surface area contributed by atoms with Crippen LogP contribution in [0.15, 0.2) is 40.9 Å². The van der Waals surface area contributed by atoms with Crippen molar-refractivity contribution in [1.82, 2.24) is 5.32 Å². The number of hydrogen-bond donors (Lipinski definition) is 1. The van der Waals surface area contributed by atoms with Gasteiger partial charge in [0.1, 0.15) is 11.6 Å². The second-order valence-corrected chi connectivity index (χ2v) is 5.98. The van der Waals surface area contributed by atoms with Crippen LogP contribution >= 0.6 is 15.9 Å². The fourth-order valence-corrected chi connectivity index (χ4v) is 2.71. The monoisotopic (exact) mass is 353 g/mol.